The fourth-order valence-corrected chi connectivity index (χ4v) is 3.44. The van der Waals surface area contributed by atoms with Gasteiger partial charge in [-0.15, -0.1) is 0 Å². The van der Waals surface area contributed by atoms with Crippen LogP contribution in [0, 0.1) is 0 Å². The summed E-state index contributed by atoms with van der Waals surface area (Å²) < 4.78 is 3.97. The molecule has 3 nitrogen and oxygen atoms in total. The van der Waals surface area contributed by atoms with Crippen LogP contribution in [-0.2, 0) is 19.4 Å². The van der Waals surface area contributed by atoms with Crippen molar-refractivity contribution in [2.75, 3.05) is 0 Å². The molecule has 2 N–H and O–H groups in total. The van der Waals surface area contributed by atoms with Gasteiger partial charge in [0, 0.05) is 23.5 Å². The van der Waals surface area contributed by atoms with Gasteiger partial charge in [0.15, 0.2) is 0 Å². The second kappa shape index (κ2) is 7.27. The van der Waals surface area contributed by atoms with Crippen molar-refractivity contribution in [1.82, 2.24) is 9.78 Å². The van der Waals surface area contributed by atoms with Crippen molar-refractivity contribution in [2.45, 2.75) is 39.3 Å². The maximum atomic E-state index is 6.35. The minimum Gasteiger partial charge on any atom is -0.324 e. The third-order valence-electron chi connectivity index (χ3n) is 3.48. The Morgan fingerprint density at radius 1 is 1.33 bits per heavy atom. The second-order valence-corrected chi connectivity index (χ2v) is 6.92. The number of nitrogens with two attached hydrogens (primary N) is 1. The number of aryl methyl sites for hydroxylation is 2. The molecular formula is C15H18Br2ClN3. The Labute approximate surface area is 147 Å². The van der Waals surface area contributed by atoms with E-state index in [9.17, 15) is 0 Å². The smallest absolute Gasteiger partial charge is 0.0766 e. The van der Waals surface area contributed by atoms with Crippen molar-refractivity contribution < 1.29 is 0 Å². The van der Waals surface area contributed by atoms with Gasteiger partial charge in [-0.05, 0) is 62.9 Å². The van der Waals surface area contributed by atoms with E-state index in [0.29, 0.717) is 5.02 Å². The molecule has 1 unspecified atom stereocenters. The van der Waals surface area contributed by atoms with Gasteiger partial charge < -0.3 is 5.73 Å². The number of halogens is 3. The molecule has 6 heteroatoms. The van der Waals surface area contributed by atoms with Crippen LogP contribution in [0.2, 0.25) is 5.02 Å². The van der Waals surface area contributed by atoms with Crippen LogP contribution in [0.1, 0.15) is 36.8 Å². The zero-order valence-corrected chi connectivity index (χ0v) is 16.0. The van der Waals surface area contributed by atoms with Gasteiger partial charge in [0.1, 0.15) is 0 Å². The number of hydrogen-bond donors (Lipinski definition) is 1. The van der Waals surface area contributed by atoms with E-state index in [1.165, 1.54) is 0 Å². The van der Waals surface area contributed by atoms with Gasteiger partial charge in [-0.1, -0.05) is 24.6 Å². The number of rotatable bonds is 5. The lowest BCUT2D eigenvalue weighted by molar-refractivity contribution is 0.584. The largest absolute Gasteiger partial charge is 0.324 e. The topological polar surface area (TPSA) is 43.8 Å². The molecule has 0 aliphatic heterocycles. The van der Waals surface area contributed by atoms with Gasteiger partial charge in [0.25, 0.3) is 0 Å². The molecule has 0 aliphatic rings. The molecule has 0 saturated heterocycles. The lowest BCUT2D eigenvalue weighted by atomic mass is 10.0. The quantitative estimate of drug-likeness (QED) is 0.727. The normalized spacial score (nSPS) is 12.7. The summed E-state index contributed by atoms with van der Waals surface area (Å²) in [4.78, 5) is 0. The lowest BCUT2D eigenvalue weighted by Crippen LogP contribution is -2.16. The maximum absolute atomic E-state index is 6.35. The molecule has 0 spiro atoms. The molecule has 21 heavy (non-hydrogen) atoms. The lowest BCUT2D eigenvalue weighted by Gasteiger charge is -2.14. The third-order valence-corrected chi connectivity index (χ3v) is 5.63. The molecule has 2 rings (SSSR count). The van der Waals surface area contributed by atoms with Crippen LogP contribution in [0.25, 0.3) is 0 Å². The SMILES string of the molecule is CCc1nn(CC)c(CC(N)c2ccc(Br)c(Cl)c2)c1Br. The van der Waals surface area contributed by atoms with E-state index in [1.54, 1.807) is 0 Å². The number of nitrogens with zero attached hydrogens (tertiary/aromatic N) is 2. The first-order valence-electron chi connectivity index (χ1n) is 6.92. The van der Waals surface area contributed by atoms with Gasteiger partial charge in [0.2, 0.25) is 0 Å². The van der Waals surface area contributed by atoms with Crippen LogP contribution < -0.4 is 5.73 Å². The summed E-state index contributed by atoms with van der Waals surface area (Å²) in [5.41, 5.74) is 9.59. The van der Waals surface area contributed by atoms with Crippen LogP contribution in [0.3, 0.4) is 0 Å². The van der Waals surface area contributed by atoms with E-state index >= 15 is 0 Å². The molecule has 0 aliphatic carbocycles. The van der Waals surface area contributed by atoms with Gasteiger partial charge in [0.05, 0.1) is 20.9 Å². The van der Waals surface area contributed by atoms with Crippen molar-refractivity contribution in [3.63, 3.8) is 0 Å². The molecule has 0 radical (unpaired) electrons. The van der Waals surface area contributed by atoms with E-state index in [1.807, 2.05) is 22.9 Å². The molecular weight excluding hydrogens is 417 g/mol. The number of hydrogen-bond acceptors (Lipinski definition) is 2. The van der Waals surface area contributed by atoms with E-state index in [-0.39, 0.29) is 6.04 Å². The highest BCUT2D eigenvalue weighted by atomic mass is 79.9. The van der Waals surface area contributed by atoms with E-state index in [2.05, 4.69) is 50.8 Å². The van der Waals surface area contributed by atoms with Crippen molar-refractivity contribution in [3.8, 4) is 0 Å². The number of aromatic nitrogens is 2. The molecule has 2 aromatic rings. The molecule has 1 heterocycles. The van der Waals surface area contributed by atoms with Crippen LogP contribution in [-0.4, -0.2) is 9.78 Å². The zero-order valence-electron chi connectivity index (χ0n) is 12.0. The average molecular weight is 436 g/mol. The summed E-state index contributed by atoms with van der Waals surface area (Å²) in [6.07, 6.45) is 1.62. The van der Waals surface area contributed by atoms with Crippen molar-refractivity contribution in [2.24, 2.45) is 5.73 Å². The highest BCUT2D eigenvalue weighted by Crippen LogP contribution is 2.29. The van der Waals surface area contributed by atoms with Gasteiger partial charge in [-0.25, -0.2) is 0 Å². The van der Waals surface area contributed by atoms with E-state index in [4.69, 9.17) is 17.3 Å². The minimum atomic E-state index is -0.112. The zero-order chi connectivity index (χ0) is 15.6. The molecule has 0 saturated carbocycles. The summed E-state index contributed by atoms with van der Waals surface area (Å²) in [7, 11) is 0. The van der Waals surface area contributed by atoms with Gasteiger partial charge >= 0.3 is 0 Å². The first-order valence-corrected chi connectivity index (χ1v) is 8.88. The summed E-state index contributed by atoms with van der Waals surface area (Å²) >= 11 is 13.2. The summed E-state index contributed by atoms with van der Waals surface area (Å²) in [5, 5.41) is 5.29. The van der Waals surface area contributed by atoms with Gasteiger partial charge in [-0.2, -0.15) is 5.10 Å². The van der Waals surface area contributed by atoms with Crippen LogP contribution in [0.4, 0.5) is 0 Å². The second-order valence-electron chi connectivity index (χ2n) is 4.86. The Balaban J connectivity index is 2.28. The predicted octanol–water partition coefficient (Wildman–Crippen LogP) is 4.89. The Kier molecular flexibility index (Phi) is 5.88. The van der Waals surface area contributed by atoms with Crippen LogP contribution in [0.5, 0.6) is 0 Å². The van der Waals surface area contributed by atoms with Crippen molar-refractivity contribution >= 4 is 43.5 Å². The first-order chi connectivity index (χ1) is 9.97. The summed E-state index contributed by atoms with van der Waals surface area (Å²) in [5.74, 6) is 0. The number of benzene rings is 1. The first kappa shape index (κ1) is 17.0. The van der Waals surface area contributed by atoms with Crippen molar-refractivity contribution in [1.29, 1.82) is 0 Å². The predicted molar refractivity (Wildman–Crippen MR) is 94.8 cm³/mol. The highest BCUT2D eigenvalue weighted by Gasteiger charge is 2.18. The van der Waals surface area contributed by atoms with Crippen LogP contribution >= 0.6 is 43.5 Å². The Morgan fingerprint density at radius 2 is 2.05 bits per heavy atom. The summed E-state index contributed by atoms with van der Waals surface area (Å²) in [6.45, 7) is 5.03. The molecule has 0 bridgehead atoms. The standard InChI is InChI=1S/C15H18Br2ClN3/c1-3-13-15(17)14(21(4-2)20-13)8-12(19)9-5-6-10(16)11(18)7-9/h5-7,12H,3-4,8,19H2,1-2H3. The molecule has 1 aromatic heterocycles. The Bertz CT molecular complexity index is 640. The van der Waals surface area contributed by atoms with E-state index in [0.717, 1.165) is 45.3 Å². The third kappa shape index (κ3) is 3.70. The molecule has 1 aromatic carbocycles. The fourth-order valence-electron chi connectivity index (χ4n) is 2.28. The average Bonchev–Trinajstić information content (AvgIpc) is 2.78. The molecule has 114 valence electrons. The fraction of sp³-hybridized carbons (Fsp3) is 0.400. The molecule has 0 fully saturated rings. The Hall–Kier alpha value is -0.360. The highest BCUT2D eigenvalue weighted by molar-refractivity contribution is 9.10. The molecule has 1 atom stereocenters. The maximum Gasteiger partial charge on any atom is 0.0766 e. The molecule has 0 amide bonds. The van der Waals surface area contributed by atoms with Crippen molar-refractivity contribution in [3.05, 3.63) is 49.1 Å². The van der Waals surface area contributed by atoms with Gasteiger partial charge in [-0.3, -0.25) is 4.68 Å². The Morgan fingerprint density at radius 3 is 2.62 bits per heavy atom. The van der Waals surface area contributed by atoms with E-state index < -0.39 is 0 Å². The van der Waals surface area contributed by atoms with Crippen LogP contribution in [0.15, 0.2) is 27.1 Å². The summed E-state index contributed by atoms with van der Waals surface area (Å²) in [6, 6.07) is 5.74. The monoisotopic (exact) mass is 433 g/mol. The minimum absolute atomic E-state index is 0.112.